The molecule has 0 saturated carbocycles. The maximum Gasteiger partial charge on any atom is 0.258 e. The lowest BCUT2D eigenvalue weighted by Crippen LogP contribution is -2.33. The van der Waals surface area contributed by atoms with Crippen molar-refractivity contribution in [2.45, 2.75) is 19.9 Å². The summed E-state index contributed by atoms with van der Waals surface area (Å²) in [5.41, 5.74) is 3.42. The lowest BCUT2D eigenvalue weighted by molar-refractivity contribution is -0.123. The van der Waals surface area contributed by atoms with Gasteiger partial charge in [-0.3, -0.25) is 4.79 Å². The number of aryl methyl sites for hydroxylation is 2. The third-order valence-corrected chi connectivity index (χ3v) is 4.91. The van der Waals surface area contributed by atoms with E-state index in [2.05, 4.69) is 15.5 Å². The van der Waals surface area contributed by atoms with Gasteiger partial charge in [0.1, 0.15) is 17.6 Å². The average molecular weight is 431 g/mol. The highest BCUT2D eigenvalue weighted by Gasteiger charge is 2.24. The smallest absolute Gasteiger partial charge is 0.258 e. The molecule has 0 aliphatic heterocycles. The summed E-state index contributed by atoms with van der Waals surface area (Å²) in [7, 11) is 0. The molecular formula is C25H22FN3O3. The molecule has 0 saturated heterocycles. The van der Waals surface area contributed by atoms with E-state index in [1.54, 1.807) is 12.1 Å². The standard InChI is InChI=1S/C25H22FN3O3/c1-16-8-13-21(17(2)14-16)31-15-22(30)27-23(18-9-11-20(26)12-10-18)25-29-28-24(32-25)19-6-4-3-5-7-19/h3-14,23H,15H2,1-2H3,(H,27,30). The van der Waals surface area contributed by atoms with Crippen molar-refractivity contribution in [3.05, 3.63) is 101 Å². The number of amides is 1. The monoisotopic (exact) mass is 431 g/mol. The number of rotatable bonds is 7. The number of carbonyl (C=O) groups is 1. The van der Waals surface area contributed by atoms with Crippen LogP contribution >= 0.6 is 0 Å². The number of benzene rings is 3. The molecule has 0 aliphatic carbocycles. The third kappa shape index (κ3) is 5.00. The predicted octanol–water partition coefficient (Wildman–Crippen LogP) is 4.78. The minimum atomic E-state index is -0.754. The van der Waals surface area contributed by atoms with Crippen molar-refractivity contribution in [3.8, 4) is 17.2 Å². The van der Waals surface area contributed by atoms with Crippen LogP contribution in [0.15, 0.2) is 77.2 Å². The van der Waals surface area contributed by atoms with Gasteiger partial charge in [-0.05, 0) is 55.3 Å². The van der Waals surface area contributed by atoms with Gasteiger partial charge in [0.15, 0.2) is 6.61 Å². The van der Waals surface area contributed by atoms with E-state index < -0.39 is 6.04 Å². The van der Waals surface area contributed by atoms with Gasteiger partial charge < -0.3 is 14.5 Å². The second kappa shape index (κ2) is 9.43. The van der Waals surface area contributed by atoms with Crippen LogP contribution in [-0.2, 0) is 4.79 Å². The Morgan fingerprint density at radius 1 is 1.03 bits per heavy atom. The molecule has 0 aliphatic rings. The minimum Gasteiger partial charge on any atom is -0.484 e. The van der Waals surface area contributed by atoms with Crippen molar-refractivity contribution in [3.63, 3.8) is 0 Å². The van der Waals surface area contributed by atoms with Gasteiger partial charge in [-0.15, -0.1) is 10.2 Å². The number of ether oxygens (including phenoxy) is 1. The molecule has 32 heavy (non-hydrogen) atoms. The highest BCUT2D eigenvalue weighted by molar-refractivity contribution is 5.78. The number of carbonyl (C=O) groups excluding carboxylic acids is 1. The summed E-state index contributed by atoms with van der Waals surface area (Å²) in [6, 6.07) is 20.1. The Labute approximate surface area is 185 Å². The van der Waals surface area contributed by atoms with Gasteiger partial charge in [0.25, 0.3) is 5.91 Å². The molecule has 0 fully saturated rings. The Morgan fingerprint density at radius 2 is 1.78 bits per heavy atom. The SMILES string of the molecule is Cc1ccc(OCC(=O)NC(c2ccc(F)cc2)c2nnc(-c3ccccc3)o2)c(C)c1. The summed E-state index contributed by atoms with van der Waals surface area (Å²) < 4.78 is 25.0. The van der Waals surface area contributed by atoms with Gasteiger partial charge >= 0.3 is 0 Å². The van der Waals surface area contributed by atoms with E-state index in [1.807, 2.05) is 62.4 Å². The number of hydrogen-bond acceptors (Lipinski definition) is 5. The molecule has 1 N–H and O–H groups in total. The lowest BCUT2D eigenvalue weighted by Gasteiger charge is -2.16. The molecule has 1 aromatic heterocycles. The first-order valence-electron chi connectivity index (χ1n) is 10.1. The van der Waals surface area contributed by atoms with Crippen LogP contribution < -0.4 is 10.1 Å². The molecule has 0 radical (unpaired) electrons. The average Bonchev–Trinajstić information content (AvgIpc) is 3.28. The Hall–Kier alpha value is -4.00. The van der Waals surface area contributed by atoms with E-state index in [-0.39, 0.29) is 24.2 Å². The molecule has 7 heteroatoms. The summed E-state index contributed by atoms with van der Waals surface area (Å²) in [5, 5.41) is 11.1. The molecule has 4 aromatic rings. The van der Waals surface area contributed by atoms with E-state index in [1.165, 1.54) is 12.1 Å². The molecule has 3 aromatic carbocycles. The maximum absolute atomic E-state index is 13.5. The molecule has 1 amide bonds. The first-order valence-corrected chi connectivity index (χ1v) is 10.1. The Balaban J connectivity index is 1.54. The van der Waals surface area contributed by atoms with Crippen LogP contribution in [0.5, 0.6) is 5.75 Å². The number of halogens is 1. The second-order valence-electron chi connectivity index (χ2n) is 7.42. The molecule has 1 heterocycles. The van der Waals surface area contributed by atoms with Crippen LogP contribution in [0.1, 0.15) is 28.6 Å². The Morgan fingerprint density at radius 3 is 2.50 bits per heavy atom. The summed E-state index contributed by atoms with van der Waals surface area (Å²) in [5.74, 6) is 0.392. The van der Waals surface area contributed by atoms with Crippen molar-refractivity contribution in [2.75, 3.05) is 6.61 Å². The van der Waals surface area contributed by atoms with Gasteiger partial charge in [0, 0.05) is 5.56 Å². The summed E-state index contributed by atoms with van der Waals surface area (Å²) >= 11 is 0. The predicted molar refractivity (Wildman–Crippen MR) is 118 cm³/mol. The van der Waals surface area contributed by atoms with Crippen LogP contribution in [0.4, 0.5) is 4.39 Å². The lowest BCUT2D eigenvalue weighted by atomic mass is 10.1. The number of nitrogens with zero attached hydrogens (tertiary/aromatic N) is 2. The van der Waals surface area contributed by atoms with E-state index in [9.17, 15) is 9.18 Å². The Bertz CT molecular complexity index is 1210. The second-order valence-corrected chi connectivity index (χ2v) is 7.42. The Kier molecular flexibility index (Phi) is 6.26. The van der Waals surface area contributed by atoms with Crippen LogP contribution in [0.25, 0.3) is 11.5 Å². The molecule has 1 atom stereocenters. The highest BCUT2D eigenvalue weighted by atomic mass is 19.1. The van der Waals surface area contributed by atoms with Crippen LogP contribution in [0.2, 0.25) is 0 Å². The summed E-state index contributed by atoms with van der Waals surface area (Å²) in [6.07, 6.45) is 0. The van der Waals surface area contributed by atoms with E-state index in [0.29, 0.717) is 17.2 Å². The van der Waals surface area contributed by atoms with E-state index in [0.717, 1.165) is 16.7 Å². The van der Waals surface area contributed by atoms with Gasteiger partial charge in [-0.1, -0.05) is 48.0 Å². The van der Waals surface area contributed by atoms with Crippen LogP contribution in [0.3, 0.4) is 0 Å². The fraction of sp³-hybridized carbons (Fsp3) is 0.160. The maximum atomic E-state index is 13.5. The van der Waals surface area contributed by atoms with Gasteiger partial charge in [-0.25, -0.2) is 4.39 Å². The summed E-state index contributed by atoms with van der Waals surface area (Å²) in [6.45, 7) is 3.72. The molecule has 4 rings (SSSR count). The van der Waals surface area contributed by atoms with Gasteiger partial charge in [0.2, 0.25) is 11.8 Å². The highest BCUT2D eigenvalue weighted by Crippen LogP contribution is 2.25. The third-order valence-electron chi connectivity index (χ3n) is 4.91. The van der Waals surface area contributed by atoms with E-state index in [4.69, 9.17) is 9.15 Å². The van der Waals surface area contributed by atoms with Crippen LogP contribution in [0, 0.1) is 19.7 Å². The zero-order valence-corrected chi connectivity index (χ0v) is 17.7. The van der Waals surface area contributed by atoms with Gasteiger partial charge in [-0.2, -0.15) is 0 Å². The molecule has 0 spiro atoms. The van der Waals surface area contributed by atoms with Crippen molar-refractivity contribution < 1.29 is 18.3 Å². The molecule has 1 unspecified atom stereocenters. The molecule has 0 bridgehead atoms. The van der Waals surface area contributed by atoms with Crippen molar-refractivity contribution >= 4 is 5.91 Å². The first-order chi connectivity index (χ1) is 15.5. The number of hydrogen-bond donors (Lipinski definition) is 1. The summed E-state index contributed by atoms with van der Waals surface area (Å²) in [4.78, 5) is 12.7. The van der Waals surface area contributed by atoms with Crippen molar-refractivity contribution in [1.29, 1.82) is 0 Å². The fourth-order valence-corrected chi connectivity index (χ4v) is 3.30. The zero-order valence-electron chi connectivity index (χ0n) is 17.7. The normalized spacial score (nSPS) is 11.7. The molecule has 162 valence electrons. The van der Waals surface area contributed by atoms with Gasteiger partial charge in [0.05, 0.1) is 0 Å². The van der Waals surface area contributed by atoms with Crippen molar-refractivity contribution in [2.24, 2.45) is 0 Å². The number of aromatic nitrogens is 2. The minimum absolute atomic E-state index is 0.190. The van der Waals surface area contributed by atoms with E-state index >= 15 is 0 Å². The topological polar surface area (TPSA) is 77.2 Å². The van der Waals surface area contributed by atoms with Crippen molar-refractivity contribution in [1.82, 2.24) is 15.5 Å². The molecule has 6 nitrogen and oxygen atoms in total. The number of nitrogens with one attached hydrogen (secondary N) is 1. The quantitative estimate of drug-likeness (QED) is 0.456. The van der Waals surface area contributed by atoms with Crippen LogP contribution in [-0.4, -0.2) is 22.7 Å². The largest absolute Gasteiger partial charge is 0.484 e. The molecular weight excluding hydrogens is 409 g/mol. The fourth-order valence-electron chi connectivity index (χ4n) is 3.30. The first kappa shape index (κ1) is 21.2. The zero-order chi connectivity index (χ0) is 22.5.